The van der Waals surface area contributed by atoms with Gasteiger partial charge in [0.05, 0.1) is 40.0 Å². The lowest BCUT2D eigenvalue weighted by Crippen LogP contribution is -2.47. The summed E-state index contributed by atoms with van der Waals surface area (Å²) in [5, 5.41) is 15.3. The van der Waals surface area contributed by atoms with E-state index in [1.54, 1.807) is 48.5 Å². The van der Waals surface area contributed by atoms with Crippen LogP contribution >= 0.6 is 24.4 Å². The van der Waals surface area contributed by atoms with E-state index in [2.05, 4.69) is 20.4 Å². The van der Waals surface area contributed by atoms with Crippen LogP contribution in [0.4, 0.5) is 26.3 Å². The molecular weight excluding hydrogens is 686 g/mol. The van der Waals surface area contributed by atoms with Crippen LogP contribution in [0.25, 0.3) is 0 Å². The molecule has 4 aromatic rings. The van der Waals surface area contributed by atoms with Crippen molar-refractivity contribution in [3.63, 3.8) is 0 Å². The summed E-state index contributed by atoms with van der Waals surface area (Å²) in [5.74, 6) is -1.41. The number of halogens is 6. The highest BCUT2D eigenvalue weighted by Gasteiger charge is 2.40. The lowest BCUT2D eigenvalue weighted by molar-refractivity contribution is -0.148. The molecule has 0 saturated carbocycles. The molecule has 0 spiro atoms. The number of aromatic nitrogens is 6. The van der Waals surface area contributed by atoms with Crippen molar-refractivity contribution in [2.24, 2.45) is 10.2 Å². The van der Waals surface area contributed by atoms with E-state index in [0.29, 0.717) is 58.2 Å². The van der Waals surface area contributed by atoms with Crippen molar-refractivity contribution in [1.29, 1.82) is 0 Å². The van der Waals surface area contributed by atoms with Crippen molar-refractivity contribution in [3.8, 4) is 11.5 Å². The Balaban J connectivity index is 1.26. The fourth-order valence-electron chi connectivity index (χ4n) is 4.62. The van der Waals surface area contributed by atoms with Gasteiger partial charge in [-0.15, -0.1) is 10.2 Å². The zero-order valence-corrected chi connectivity index (χ0v) is 27.0. The predicted octanol–water partition coefficient (Wildman–Crippen LogP) is 5.19. The highest BCUT2D eigenvalue weighted by molar-refractivity contribution is 7.71. The minimum absolute atomic E-state index is 0.0623. The molecule has 2 aromatic carbocycles. The van der Waals surface area contributed by atoms with Gasteiger partial charge in [0, 0.05) is 26.2 Å². The monoisotopic (exact) mass is 714 g/mol. The Morgan fingerprint density at radius 2 is 0.979 bits per heavy atom. The standard InChI is InChI=1S/C28H28F6N10O2S2/c1-45-21-7-3-19(4-8-21)15-35-43-23(27(29,30)31)37-41(25(43)47)17-39-11-13-40(14-12-39)18-42-26(48)44(24(38-42)28(32,33)34)36-16-20-5-9-22(46-2)10-6-20/h3-10,15-16H,11-14,17-18H2,1-2H3/b35-15+,36-16+. The molecule has 2 aromatic heterocycles. The van der Waals surface area contributed by atoms with E-state index in [0.717, 1.165) is 9.36 Å². The maximum absolute atomic E-state index is 13.8. The normalized spacial score (nSPS) is 15.2. The first-order valence-electron chi connectivity index (χ1n) is 14.1. The average molecular weight is 715 g/mol. The molecule has 0 bridgehead atoms. The van der Waals surface area contributed by atoms with Crippen molar-refractivity contribution in [2.45, 2.75) is 25.7 Å². The SMILES string of the molecule is COc1ccc(/C=N/n2c(C(F)(F)F)nn(CN3CCN(Cn4nc(C(F)(F)F)n(/N=C/c5ccc(OC)cc5)c4=S)CC3)c2=S)cc1. The van der Waals surface area contributed by atoms with Gasteiger partial charge in [-0.05, 0) is 84.1 Å². The highest BCUT2D eigenvalue weighted by atomic mass is 32.1. The maximum Gasteiger partial charge on any atom is 0.453 e. The van der Waals surface area contributed by atoms with Crippen molar-refractivity contribution < 1.29 is 35.8 Å². The number of nitrogens with zero attached hydrogens (tertiary/aromatic N) is 10. The summed E-state index contributed by atoms with van der Waals surface area (Å²) < 4.78 is 95.9. The van der Waals surface area contributed by atoms with Crippen LogP contribution in [-0.4, -0.2) is 91.5 Å². The van der Waals surface area contributed by atoms with E-state index in [-0.39, 0.29) is 22.9 Å². The summed E-state index contributed by atoms with van der Waals surface area (Å²) in [6.07, 6.45) is -7.19. The zero-order chi connectivity index (χ0) is 34.6. The highest BCUT2D eigenvalue weighted by Crippen LogP contribution is 2.29. The van der Waals surface area contributed by atoms with Gasteiger partial charge >= 0.3 is 12.4 Å². The lowest BCUT2D eigenvalue weighted by atomic mass is 10.2. The van der Waals surface area contributed by atoms with Gasteiger partial charge in [-0.3, -0.25) is 9.80 Å². The maximum atomic E-state index is 13.8. The third-order valence-electron chi connectivity index (χ3n) is 7.15. The molecule has 0 aliphatic carbocycles. The minimum atomic E-state index is -4.83. The molecule has 1 aliphatic rings. The fourth-order valence-corrected chi connectivity index (χ4v) is 5.09. The van der Waals surface area contributed by atoms with Crippen LogP contribution < -0.4 is 9.47 Å². The molecule has 0 N–H and O–H groups in total. The molecule has 12 nitrogen and oxygen atoms in total. The van der Waals surface area contributed by atoms with Gasteiger partial charge in [-0.25, -0.2) is 9.36 Å². The van der Waals surface area contributed by atoms with Crippen LogP contribution in [-0.2, 0) is 25.7 Å². The smallest absolute Gasteiger partial charge is 0.453 e. The van der Waals surface area contributed by atoms with Crippen LogP contribution in [0.2, 0.25) is 0 Å². The van der Waals surface area contributed by atoms with E-state index in [1.807, 2.05) is 9.80 Å². The second-order valence-electron chi connectivity index (χ2n) is 10.4. The molecule has 5 rings (SSSR count). The summed E-state index contributed by atoms with van der Waals surface area (Å²) in [7, 11) is 2.98. The Morgan fingerprint density at radius 1 is 0.646 bits per heavy atom. The number of hydrogen-bond acceptors (Lipinski definition) is 10. The van der Waals surface area contributed by atoms with Gasteiger partial charge in [0.25, 0.3) is 11.6 Å². The first kappa shape index (κ1) is 34.9. The molecule has 1 fully saturated rings. The summed E-state index contributed by atoms with van der Waals surface area (Å²) in [5.41, 5.74) is 1.04. The number of hydrogen-bond donors (Lipinski definition) is 0. The Morgan fingerprint density at radius 3 is 1.27 bits per heavy atom. The predicted molar refractivity (Wildman–Crippen MR) is 167 cm³/mol. The van der Waals surface area contributed by atoms with E-state index in [4.69, 9.17) is 33.9 Å². The van der Waals surface area contributed by atoms with Gasteiger partial charge < -0.3 is 9.47 Å². The topological polar surface area (TPSA) is 95.2 Å². The van der Waals surface area contributed by atoms with Crippen molar-refractivity contribution >= 4 is 36.9 Å². The van der Waals surface area contributed by atoms with E-state index in [9.17, 15) is 26.3 Å². The molecule has 0 amide bonds. The average Bonchev–Trinajstić information content (AvgIpc) is 3.55. The number of alkyl halides is 6. The van der Waals surface area contributed by atoms with Crippen molar-refractivity contribution in [1.82, 2.24) is 38.7 Å². The molecule has 48 heavy (non-hydrogen) atoms. The third kappa shape index (κ3) is 8.17. The Kier molecular flexibility index (Phi) is 10.5. The summed E-state index contributed by atoms with van der Waals surface area (Å²) >= 11 is 10.6. The molecule has 0 unspecified atom stereocenters. The number of benzene rings is 2. The second-order valence-corrected chi connectivity index (χ2v) is 11.1. The summed E-state index contributed by atoms with van der Waals surface area (Å²) in [6, 6.07) is 13.1. The first-order chi connectivity index (χ1) is 22.8. The van der Waals surface area contributed by atoms with E-state index in [1.165, 1.54) is 26.6 Å². The van der Waals surface area contributed by atoms with Crippen molar-refractivity contribution in [3.05, 3.63) is 80.8 Å². The van der Waals surface area contributed by atoms with Gasteiger partial charge in [-0.1, -0.05) is 0 Å². The number of piperazine rings is 1. The number of ether oxygens (including phenoxy) is 2. The second kappa shape index (κ2) is 14.4. The van der Waals surface area contributed by atoms with Gasteiger partial charge in [-0.2, -0.15) is 45.9 Å². The third-order valence-corrected chi connectivity index (χ3v) is 7.92. The fraction of sp³-hybridized carbons (Fsp3) is 0.357. The zero-order valence-electron chi connectivity index (χ0n) is 25.4. The summed E-state index contributed by atoms with van der Waals surface area (Å²) in [4.78, 5) is 3.63. The Bertz CT molecular complexity index is 1750. The van der Waals surface area contributed by atoms with Crippen LogP contribution in [0, 0.1) is 9.54 Å². The molecule has 256 valence electrons. The molecule has 0 radical (unpaired) electrons. The molecule has 1 aliphatic heterocycles. The van der Waals surface area contributed by atoms with Gasteiger partial charge in [0.1, 0.15) is 11.5 Å². The van der Waals surface area contributed by atoms with Crippen LogP contribution in [0.15, 0.2) is 58.7 Å². The minimum Gasteiger partial charge on any atom is -0.497 e. The van der Waals surface area contributed by atoms with E-state index >= 15 is 0 Å². The number of rotatable bonds is 10. The molecule has 20 heteroatoms. The lowest BCUT2D eigenvalue weighted by Gasteiger charge is -2.34. The molecule has 0 atom stereocenters. The van der Waals surface area contributed by atoms with Gasteiger partial charge in [0.2, 0.25) is 9.54 Å². The van der Waals surface area contributed by atoms with E-state index < -0.39 is 24.0 Å². The molecular formula is C28H28F6N10O2S2. The molecule has 1 saturated heterocycles. The number of methoxy groups -OCH3 is 2. The Hall–Kier alpha value is -4.40. The Labute approximate surface area is 279 Å². The van der Waals surface area contributed by atoms with Crippen LogP contribution in [0.3, 0.4) is 0 Å². The van der Waals surface area contributed by atoms with Crippen LogP contribution in [0.1, 0.15) is 22.8 Å². The quantitative estimate of drug-likeness (QED) is 0.126. The summed E-state index contributed by atoms with van der Waals surface area (Å²) in [6.45, 7) is 1.27. The first-order valence-corrected chi connectivity index (χ1v) is 14.9. The molecule has 3 heterocycles. The van der Waals surface area contributed by atoms with Gasteiger partial charge in [0.15, 0.2) is 0 Å². The van der Waals surface area contributed by atoms with Crippen LogP contribution in [0.5, 0.6) is 11.5 Å². The largest absolute Gasteiger partial charge is 0.497 e. The van der Waals surface area contributed by atoms with Crippen molar-refractivity contribution in [2.75, 3.05) is 40.4 Å².